The number of rotatable bonds is 4. The molecule has 0 amide bonds. The van der Waals surface area contributed by atoms with Crippen molar-refractivity contribution in [2.75, 3.05) is 0 Å². The Morgan fingerprint density at radius 3 is 1.05 bits per heavy atom. The number of fused-ring (bicyclic) bond motifs is 9. The van der Waals surface area contributed by atoms with Crippen molar-refractivity contribution in [1.29, 1.82) is 0 Å². The number of halogens is 4. The summed E-state index contributed by atoms with van der Waals surface area (Å²) in [6, 6.07) is 48.0. The van der Waals surface area contributed by atoms with Crippen molar-refractivity contribution < 1.29 is 17.6 Å². The molecule has 1 aliphatic rings. The molecule has 0 unspecified atom stereocenters. The van der Waals surface area contributed by atoms with Crippen LogP contribution in [0.2, 0.25) is 0 Å². The zero-order valence-corrected chi connectivity index (χ0v) is 29.1. The maximum Gasteiger partial charge on any atom is 0.123 e. The topological polar surface area (TPSA) is 9.86 Å². The van der Waals surface area contributed by atoms with Crippen molar-refractivity contribution in [3.05, 3.63) is 192 Å². The first-order valence-electron chi connectivity index (χ1n) is 18.1. The minimum absolute atomic E-state index is 0.312. The van der Waals surface area contributed by atoms with Crippen LogP contribution in [0.1, 0.15) is 11.1 Å². The molecule has 8 aromatic carbocycles. The van der Waals surface area contributed by atoms with Crippen LogP contribution in [0.4, 0.5) is 17.6 Å². The summed E-state index contributed by atoms with van der Waals surface area (Å²) in [5, 5.41) is 3.40. The van der Waals surface area contributed by atoms with Crippen LogP contribution in [-0.4, -0.2) is 9.13 Å². The van der Waals surface area contributed by atoms with Gasteiger partial charge in [-0.25, -0.2) is 17.6 Å². The van der Waals surface area contributed by atoms with Gasteiger partial charge in [-0.15, -0.1) is 0 Å². The van der Waals surface area contributed by atoms with Crippen molar-refractivity contribution in [3.63, 3.8) is 0 Å². The van der Waals surface area contributed by atoms with Crippen LogP contribution in [0, 0.1) is 23.3 Å². The predicted molar refractivity (Wildman–Crippen MR) is 214 cm³/mol. The van der Waals surface area contributed by atoms with E-state index in [2.05, 4.69) is 72.8 Å². The van der Waals surface area contributed by atoms with Crippen molar-refractivity contribution in [2.45, 2.75) is 6.42 Å². The summed E-state index contributed by atoms with van der Waals surface area (Å²) in [4.78, 5) is 0. The summed E-state index contributed by atoms with van der Waals surface area (Å²) < 4.78 is 61.1. The highest BCUT2D eigenvalue weighted by Gasteiger charge is 2.22. The van der Waals surface area contributed by atoms with Crippen LogP contribution in [0.15, 0.2) is 158 Å². The Morgan fingerprint density at radius 1 is 0.309 bits per heavy atom. The lowest BCUT2D eigenvalue weighted by atomic mass is 9.95. The molecule has 11 rings (SSSR count). The molecule has 0 N–H and O–H groups in total. The number of nitrogens with zero attached hydrogens (tertiary/aromatic N) is 2. The number of aromatic nitrogens is 2. The van der Waals surface area contributed by atoms with Gasteiger partial charge in [-0.2, -0.15) is 0 Å². The largest absolute Gasteiger partial charge is 0.309 e. The van der Waals surface area contributed by atoms with E-state index in [1.807, 2.05) is 9.13 Å². The minimum Gasteiger partial charge on any atom is -0.309 e. The average Bonchev–Trinajstić information content (AvgIpc) is 3.84. The van der Waals surface area contributed by atoms with Gasteiger partial charge in [0.25, 0.3) is 0 Å². The SMILES string of the molecule is Fc1ccc(-n2c3ccc(F)cc3c3cc(-c4ccc5c(c4)-c4cc(-c6ccc7c(c6)c6cc(F)ccc6n7-c6ccc(F)cc6)ccc4C5)ccc32)cc1. The zero-order chi connectivity index (χ0) is 36.9. The molecule has 0 radical (unpaired) electrons. The van der Waals surface area contributed by atoms with E-state index in [0.717, 1.165) is 83.7 Å². The van der Waals surface area contributed by atoms with Crippen LogP contribution < -0.4 is 0 Å². The molecular formula is C49H28F4N2. The Labute approximate surface area is 312 Å². The Balaban J connectivity index is 1.01. The molecule has 0 bridgehead atoms. The van der Waals surface area contributed by atoms with Crippen LogP contribution >= 0.6 is 0 Å². The molecule has 0 atom stereocenters. The normalized spacial score (nSPS) is 12.3. The molecule has 0 fully saturated rings. The quantitative estimate of drug-likeness (QED) is 0.160. The molecule has 2 nitrogen and oxygen atoms in total. The molecule has 0 saturated carbocycles. The monoisotopic (exact) mass is 720 g/mol. The lowest BCUT2D eigenvalue weighted by Gasteiger charge is -2.10. The number of hydrogen-bond donors (Lipinski definition) is 0. The summed E-state index contributed by atoms with van der Waals surface area (Å²) in [6.07, 6.45) is 0.832. The van der Waals surface area contributed by atoms with Gasteiger partial charge in [0.15, 0.2) is 0 Å². The molecule has 2 aromatic heterocycles. The van der Waals surface area contributed by atoms with E-state index in [4.69, 9.17) is 0 Å². The van der Waals surface area contributed by atoms with Crippen LogP contribution in [0.5, 0.6) is 0 Å². The Morgan fingerprint density at radius 2 is 0.636 bits per heavy atom. The third-order valence-electron chi connectivity index (χ3n) is 11.2. The van der Waals surface area contributed by atoms with Gasteiger partial charge in [0.05, 0.1) is 22.1 Å². The van der Waals surface area contributed by atoms with Crippen molar-refractivity contribution in [3.8, 4) is 44.8 Å². The second-order valence-electron chi connectivity index (χ2n) is 14.3. The van der Waals surface area contributed by atoms with Crippen molar-refractivity contribution >= 4 is 43.6 Å². The first-order valence-corrected chi connectivity index (χ1v) is 18.1. The Hall–Kier alpha value is -6.92. The number of benzene rings is 8. The van der Waals surface area contributed by atoms with Gasteiger partial charge >= 0.3 is 0 Å². The van der Waals surface area contributed by atoms with E-state index in [-0.39, 0.29) is 23.3 Å². The minimum atomic E-state index is -0.314. The first-order chi connectivity index (χ1) is 26.9. The fourth-order valence-corrected chi connectivity index (χ4v) is 8.61. The second kappa shape index (κ2) is 11.8. The molecule has 0 saturated heterocycles. The van der Waals surface area contributed by atoms with Gasteiger partial charge in [0.1, 0.15) is 23.3 Å². The van der Waals surface area contributed by atoms with Crippen molar-refractivity contribution in [2.24, 2.45) is 0 Å². The highest BCUT2D eigenvalue weighted by Crippen LogP contribution is 2.43. The van der Waals surface area contributed by atoms with Crippen LogP contribution in [0.3, 0.4) is 0 Å². The van der Waals surface area contributed by atoms with E-state index >= 15 is 0 Å². The lowest BCUT2D eigenvalue weighted by molar-refractivity contribution is 0.627. The molecule has 262 valence electrons. The molecule has 0 aliphatic heterocycles. The smallest absolute Gasteiger partial charge is 0.123 e. The fourth-order valence-electron chi connectivity index (χ4n) is 8.61. The third-order valence-corrected chi connectivity index (χ3v) is 11.2. The Kier molecular flexibility index (Phi) is 6.77. The van der Waals surface area contributed by atoms with Crippen LogP contribution in [-0.2, 0) is 6.42 Å². The first kappa shape index (κ1) is 31.6. The molecule has 0 spiro atoms. The fraction of sp³-hybridized carbons (Fsp3) is 0.0204. The van der Waals surface area contributed by atoms with E-state index in [0.29, 0.717) is 0 Å². The molecule has 6 heteroatoms. The van der Waals surface area contributed by atoms with Gasteiger partial charge in [-0.05, 0) is 172 Å². The maximum atomic E-state index is 14.7. The molecular weight excluding hydrogens is 693 g/mol. The summed E-state index contributed by atoms with van der Waals surface area (Å²) in [7, 11) is 0. The number of hydrogen-bond acceptors (Lipinski definition) is 0. The standard InChI is InChI=1S/C49H28F4N2/c50-34-7-13-38(14-8-34)54-46-17-5-30(24-42(46)44-26-36(52)11-19-48(44)54)28-1-3-32-21-33-4-2-29(23-41(33)40(32)22-28)31-6-18-47-43(25-31)45-27-37(53)12-20-49(45)55(47)39-15-9-35(51)10-16-39/h1-20,22-27H,21H2. The van der Waals surface area contributed by atoms with Crippen LogP contribution in [0.25, 0.3) is 88.4 Å². The molecule has 10 aromatic rings. The molecule has 55 heavy (non-hydrogen) atoms. The molecule has 2 heterocycles. The van der Waals surface area contributed by atoms with Crippen molar-refractivity contribution in [1.82, 2.24) is 9.13 Å². The summed E-state index contributed by atoms with van der Waals surface area (Å²) in [5.74, 6) is -1.25. The maximum absolute atomic E-state index is 14.7. The van der Waals surface area contributed by atoms with Gasteiger partial charge in [-0.1, -0.05) is 36.4 Å². The van der Waals surface area contributed by atoms with E-state index < -0.39 is 0 Å². The van der Waals surface area contributed by atoms with E-state index in [1.54, 1.807) is 48.5 Å². The van der Waals surface area contributed by atoms with Gasteiger partial charge in [-0.3, -0.25) is 0 Å². The van der Waals surface area contributed by atoms with Gasteiger partial charge < -0.3 is 9.13 Å². The average molecular weight is 721 g/mol. The summed E-state index contributed by atoms with van der Waals surface area (Å²) in [5.41, 5.74) is 14.1. The third kappa shape index (κ3) is 4.95. The van der Waals surface area contributed by atoms with Gasteiger partial charge in [0, 0.05) is 32.9 Å². The van der Waals surface area contributed by atoms with Gasteiger partial charge in [0.2, 0.25) is 0 Å². The second-order valence-corrected chi connectivity index (χ2v) is 14.3. The van der Waals surface area contributed by atoms with E-state index in [1.165, 1.54) is 58.7 Å². The highest BCUT2D eigenvalue weighted by atomic mass is 19.1. The Bertz CT molecular complexity index is 2990. The molecule has 1 aliphatic carbocycles. The summed E-state index contributed by atoms with van der Waals surface area (Å²) >= 11 is 0. The predicted octanol–water partition coefficient (Wildman–Crippen LogP) is 13.3. The highest BCUT2D eigenvalue weighted by molar-refractivity contribution is 6.11. The lowest BCUT2D eigenvalue weighted by Crippen LogP contribution is -1.94. The summed E-state index contributed by atoms with van der Waals surface area (Å²) in [6.45, 7) is 0. The zero-order valence-electron chi connectivity index (χ0n) is 29.1. The van der Waals surface area contributed by atoms with E-state index in [9.17, 15) is 17.6 Å².